The van der Waals surface area contributed by atoms with E-state index in [0.717, 1.165) is 16.9 Å². The third kappa shape index (κ3) is 2.78. The van der Waals surface area contributed by atoms with Gasteiger partial charge in [-0.1, -0.05) is 36.4 Å². The molecule has 1 N–H and O–H groups in total. The first-order valence-electron chi connectivity index (χ1n) is 8.54. The Bertz CT molecular complexity index is 924. The van der Waals surface area contributed by atoms with E-state index < -0.39 is 5.41 Å². The number of amides is 1. The average molecular weight is 364 g/mol. The van der Waals surface area contributed by atoms with Gasteiger partial charge in [0, 0.05) is 17.5 Å². The van der Waals surface area contributed by atoms with Gasteiger partial charge in [0.05, 0.1) is 12.5 Å². The molecule has 1 heterocycles. The molecule has 0 spiro atoms. The van der Waals surface area contributed by atoms with Crippen LogP contribution < -0.4 is 10.1 Å². The normalized spacial score (nSPS) is 21.2. The summed E-state index contributed by atoms with van der Waals surface area (Å²) in [7, 11) is 1.67. The number of thiazole rings is 1. The fourth-order valence-corrected chi connectivity index (χ4v) is 4.44. The minimum Gasteiger partial charge on any atom is -0.497 e. The summed E-state index contributed by atoms with van der Waals surface area (Å²) in [6, 6.07) is 16.4. The van der Waals surface area contributed by atoms with Crippen molar-refractivity contribution in [2.45, 2.75) is 19.3 Å². The summed E-state index contributed by atoms with van der Waals surface area (Å²) < 4.78 is 5.39. The second kappa shape index (κ2) is 6.57. The first-order chi connectivity index (χ1) is 12.6. The highest BCUT2D eigenvalue weighted by atomic mass is 32.1. The Kier molecular flexibility index (Phi) is 4.24. The number of fused-ring (bicyclic) bond motifs is 1. The van der Waals surface area contributed by atoms with E-state index >= 15 is 0 Å². The van der Waals surface area contributed by atoms with Crippen LogP contribution in [0.4, 0.5) is 5.13 Å². The standard InChI is InChI=1S/C21H20N2O2S/c1-21(19(24)23-20-22-10-11-26-20)13-15-12-16(25-2)8-9-17(15)18(21)14-6-4-3-5-7-14/h3-12,18H,13H2,1-2H3,(H,22,23,24)/t18-,21+/m1/s1. The third-order valence-electron chi connectivity index (χ3n) is 5.16. The third-order valence-corrected chi connectivity index (χ3v) is 5.85. The van der Waals surface area contributed by atoms with Crippen LogP contribution in [0.1, 0.15) is 29.5 Å². The Morgan fingerprint density at radius 1 is 1.27 bits per heavy atom. The minimum absolute atomic E-state index is 0.00327. The predicted molar refractivity (Wildman–Crippen MR) is 104 cm³/mol. The summed E-state index contributed by atoms with van der Waals surface area (Å²) in [5.74, 6) is 0.807. The predicted octanol–water partition coefficient (Wildman–Crippen LogP) is 4.48. The van der Waals surface area contributed by atoms with Crippen LogP contribution in [0.2, 0.25) is 0 Å². The van der Waals surface area contributed by atoms with Crippen molar-refractivity contribution in [2.75, 3.05) is 12.4 Å². The molecule has 2 atom stereocenters. The van der Waals surface area contributed by atoms with Crippen LogP contribution in [-0.2, 0) is 11.2 Å². The molecule has 1 aliphatic rings. The summed E-state index contributed by atoms with van der Waals surface area (Å²) in [5, 5.41) is 5.50. The first kappa shape index (κ1) is 16.8. The number of nitrogens with zero attached hydrogens (tertiary/aromatic N) is 1. The van der Waals surface area contributed by atoms with Crippen LogP contribution in [0, 0.1) is 5.41 Å². The molecule has 0 radical (unpaired) electrons. The molecule has 2 aromatic carbocycles. The molecule has 1 amide bonds. The smallest absolute Gasteiger partial charge is 0.233 e. The van der Waals surface area contributed by atoms with Gasteiger partial charge in [-0.15, -0.1) is 11.3 Å². The number of hydrogen-bond donors (Lipinski definition) is 1. The molecule has 0 saturated heterocycles. The molecule has 3 aromatic rings. The number of ether oxygens (including phenoxy) is 1. The molecule has 26 heavy (non-hydrogen) atoms. The SMILES string of the molecule is COc1ccc2c(c1)C[C@](C)(C(=O)Nc1nccs1)[C@@H]2c1ccccc1. The lowest BCUT2D eigenvalue weighted by atomic mass is 9.73. The van der Waals surface area contributed by atoms with Gasteiger partial charge in [-0.05, 0) is 42.2 Å². The van der Waals surface area contributed by atoms with Crippen molar-refractivity contribution >= 4 is 22.4 Å². The summed E-state index contributed by atoms with van der Waals surface area (Å²) >= 11 is 1.43. The van der Waals surface area contributed by atoms with Crippen molar-refractivity contribution in [3.05, 3.63) is 76.8 Å². The highest BCUT2D eigenvalue weighted by Gasteiger charge is 2.49. The van der Waals surface area contributed by atoms with Gasteiger partial charge in [-0.3, -0.25) is 4.79 Å². The molecule has 0 fully saturated rings. The van der Waals surface area contributed by atoms with E-state index in [4.69, 9.17) is 4.74 Å². The number of aromatic nitrogens is 1. The zero-order valence-electron chi connectivity index (χ0n) is 14.7. The van der Waals surface area contributed by atoms with Gasteiger partial charge in [0.2, 0.25) is 5.91 Å². The van der Waals surface area contributed by atoms with Gasteiger partial charge in [0.1, 0.15) is 5.75 Å². The highest BCUT2D eigenvalue weighted by Crippen LogP contribution is 2.51. The minimum atomic E-state index is -0.596. The van der Waals surface area contributed by atoms with Gasteiger partial charge in [-0.2, -0.15) is 0 Å². The summed E-state index contributed by atoms with van der Waals surface area (Å²) in [6.45, 7) is 2.04. The number of anilines is 1. The molecular weight excluding hydrogens is 344 g/mol. The van der Waals surface area contributed by atoms with E-state index in [1.54, 1.807) is 13.3 Å². The lowest BCUT2D eigenvalue weighted by Gasteiger charge is -2.30. The van der Waals surface area contributed by atoms with Crippen LogP contribution in [0.3, 0.4) is 0 Å². The Labute approximate surface area is 156 Å². The van der Waals surface area contributed by atoms with Crippen molar-refractivity contribution in [3.8, 4) is 5.75 Å². The second-order valence-electron chi connectivity index (χ2n) is 6.79. The van der Waals surface area contributed by atoms with Gasteiger partial charge in [-0.25, -0.2) is 4.98 Å². The van der Waals surface area contributed by atoms with Crippen molar-refractivity contribution in [1.82, 2.24) is 4.98 Å². The highest BCUT2D eigenvalue weighted by molar-refractivity contribution is 7.13. The number of carbonyl (C=O) groups excluding carboxylic acids is 1. The maximum Gasteiger partial charge on any atom is 0.233 e. The van der Waals surface area contributed by atoms with Crippen molar-refractivity contribution in [2.24, 2.45) is 5.41 Å². The monoisotopic (exact) mass is 364 g/mol. The van der Waals surface area contributed by atoms with E-state index in [1.165, 1.54) is 16.9 Å². The van der Waals surface area contributed by atoms with Crippen LogP contribution >= 0.6 is 11.3 Å². The number of methoxy groups -OCH3 is 1. The maximum atomic E-state index is 13.3. The van der Waals surface area contributed by atoms with Gasteiger partial charge in [0.25, 0.3) is 0 Å². The second-order valence-corrected chi connectivity index (χ2v) is 7.69. The number of benzene rings is 2. The molecule has 0 aliphatic heterocycles. The average Bonchev–Trinajstić information content (AvgIpc) is 3.27. The van der Waals surface area contributed by atoms with Gasteiger partial charge >= 0.3 is 0 Å². The maximum absolute atomic E-state index is 13.3. The largest absolute Gasteiger partial charge is 0.497 e. The first-order valence-corrected chi connectivity index (χ1v) is 9.42. The quantitative estimate of drug-likeness (QED) is 0.742. The molecule has 0 unspecified atom stereocenters. The molecular formula is C21H20N2O2S. The van der Waals surface area contributed by atoms with E-state index in [9.17, 15) is 4.79 Å². The molecule has 1 aromatic heterocycles. The molecule has 1 aliphatic carbocycles. The Morgan fingerprint density at radius 3 is 2.77 bits per heavy atom. The molecule has 0 bridgehead atoms. The summed E-state index contributed by atoms with van der Waals surface area (Å²) in [5.41, 5.74) is 2.90. The number of carbonyl (C=O) groups is 1. The fraction of sp³-hybridized carbons (Fsp3) is 0.238. The van der Waals surface area contributed by atoms with Crippen LogP contribution in [0.25, 0.3) is 0 Å². The van der Waals surface area contributed by atoms with Crippen molar-refractivity contribution < 1.29 is 9.53 Å². The topological polar surface area (TPSA) is 51.2 Å². The zero-order chi connectivity index (χ0) is 18.1. The summed E-state index contributed by atoms with van der Waals surface area (Å²) in [6.07, 6.45) is 2.36. The van der Waals surface area contributed by atoms with E-state index in [1.807, 2.05) is 42.6 Å². The molecule has 4 rings (SSSR count). The zero-order valence-corrected chi connectivity index (χ0v) is 15.5. The van der Waals surface area contributed by atoms with Crippen molar-refractivity contribution in [1.29, 1.82) is 0 Å². The molecule has 0 saturated carbocycles. The van der Waals surface area contributed by atoms with E-state index in [-0.39, 0.29) is 11.8 Å². The van der Waals surface area contributed by atoms with E-state index in [0.29, 0.717) is 11.6 Å². The summed E-state index contributed by atoms with van der Waals surface area (Å²) in [4.78, 5) is 17.5. The van der Waals surface area contributed by atoms with Crippen LogP contribution in [-0.4, -0.2) is 18.0 Å². The number of nitrogens with one attached hydrogen (secondary N) is 1. The molecule has 132 valence electrons. The Balaban J connectivity index is 1.78. The van der Waals surface area contributed by atoms with Crippen molar-refractivity contribution in [3.63, 3.8) is 0 Å². The Morgan fingerprint density at radius 2 is 2.08 bits per heavy atom. The fourth-order valence-electron chi connectivity index (χ4n) is 3.91. The lowest BCUT2D eigenvalue weighted by Crippen LogP contribution is -2.37. The Hall–Kier alpha value is -2.66. The van der Waals surface area contributed by atoms with Gasteiger partial charge < -0.3 is 10.1 Å². The lowest BCUT2D eigenvalue weighted by molar-refractivity contribution is -0.125. The van der Waals surface area contributed by atoms with Crippen LogP contribution in [0.5, 0.6) is 5.75 Å². The van der Waals surface area contributed by atoms with E-state index in [2.05, 4.69) is 28.5 Å². The van der Waals surface area contributed by atoms with Gasteiger partial charge in [0.15, 0.2) is 5.13 Å². The van der Waals surface area contributed by atoms with Crippen LogP contribution in [0.15, 0.2) is 60.1 Å². The number of rotatable bonds is 4. The molecule has 4 nitrogen and oxygen atoms in total. The number of hydrogen-bond acceptors (Lipinski definition) is 4. The molecule has 5 heteroatoms.